The van der Waals surface area contributed by atoms with Crippen molar-refractivity contribution in [3.8, 4) is 0 Å². The normalized spacial score (nSPS) is 37.9. The summed E-state index contributed by atoms with van der Waals surface area (Å²) in [5.74, 6) is -3.74. The van der Waals surface area contributed by atoms with Crippen LogP contribution in [0.2, 0.25) is 0 Å². The summed E-state index contributed by atoms with van der Waals surface area (Å²) in [6, 6.07) is 9.25. The van der Waals surface area contributed by atoms with Crippen LogP contribution in [0.4, 0.5) is 4.79 Å². The molecule has 2 aromatic rings. The lowest BCUT2D eigenvalue weighted by Gasteiger charge is -2.49. The number of aromatic nitrogens is 1. The number of aliphatic hydroxyl groups is 1. The average Bonchev–Trinajstić information content (AvgIpc) is 3.47. The number of Topliss-reactive ketones (excluding diaryl/α,β-unsaturated/α-hetero) is 1. The molecular weight excluding hydrogens is 730 g/mol. The van der Waals surface area contributed by atoms with Crippen molar-refractivity contribution in [3.63, 3.8) is 0 Å². The number of likely N-dealkylation sites (N-methyl/N-ethyl adjacent to an activating group) is 1. The predicted molar refractivity (Wildman–Crippen MR) is 214 cm³/mol. The van der Waals surface area contributed by atoms with Gasteiger partial charge in [-0.25, -0.2) is 4.79 Å². The number of ether oxygens (including phenoxy) is 5. The van der Waals surface area contributed by atoms with E-state index in [0.29, 0.717) is 32.2 Å². The fourth-order valence-corrected chi connectivity index (χ4v) is 9.90. The van der Waals surface area contributed by atoms with Gasteiger partial charge in [0.25, 0.3) is 0 Å². The van der Waals surface area contributed by atoms with Gasteiger partial charge in [0.05, 0.1) is 29.9 Å². The van der Waals surface area contributed by atoms with E-state index in [9.17, 15) is 19.5 Å². The van der Waals surface area contributed by atoms with Crippen molar-refractivity contribution >= 4 is 34.5 Å². The summed E-state index contributed by atoms with van der Waals surface area (Å²) in [5.41, 5.74) is 0.499. The highest BCUT2D eigenvalue weighted by Gasteiger charge is 2.63. The van der Waals surface area contributed by atoms with Gasteiger partial charge in [0.15, 0.2) is 17.7 Å². The number of rotatable bonds is 9. The number of hydrogen-bond acceptors (Lipinski definition) is 13. The molecule has 13 atom stereocenters. The number of carbonyl (C=O) groups is 3. The third-order valence-corrected chi connectivity index (χ3v) is 13.1. The fraction of sp³-hybridized carbons (Fsp3) is 0.698. The molecule has 1 unspecified atom stereocenters. The number of benzene rings is 1. The van der Waals surface area contributed by atoms with Crippen LogP contribution in [0.15, 0.2) is 41.6 Å². The number of hydrazone groups is 1. The molecule has 4 aliphatic heterocycles. The van der Waals surface area contributed by atoms with Crippen molar-refractivity contribution in [2.45, 2.75) is 141 Å². The van der Waals surface area contributed by atoms with Crippen molar-refractivity contribution in [1.29, 1.82) is 0 Å². The molecule has 14 nitrogen and oxygen atoms in total. The van der Waals surface area contributed by atoms with Gasteiger partial charge in [0.2, 0.25) is 0 Å². The molecule has 314 valence electrons. The second-order valence-electron chi connectivity index (χ2n) is 17.3. The number of nitrogens with zero attached hydrogens (tertiary/aromatic N) is 5. The molecule has 6 rings (SSSR count). The summed E-state index contributed by atoms with van der Waals surface area (Å²) in [7, 11) is 5.39. The number of aliphatic hydroxyl groups excluding tert-OH is 1. The molecule has 1 aromatic heterocycles. The van der Waals surface area contributed by atoms with Crippen molar-refractivity contribution in [2.24, 2.45) is 28.8 Å². The summed E-state index contributed by atoms with van der Waals surface area (Å²) >= 11 is 0. The van der Waals surface area contributed by atoms with Crippen LogP contribution in [0.3, 0.4) is 0 Å². The zero-order chi connectivity index (χ0) is 41.6. The van der Waals surface area contributed by atoms with Gasteiger partial charge in [-0.05, 0) is 97.5 Å². The van der Waals surface area contributed by atoms with Gasteiger partial charge in [0, 0.05) is 42.3 Å². The summed E-state index contributed by atoms with van der Waals surface area (Å²) in [6.45, 7) is 15.3. The van der Waals surface area contributed by atoms with Crippen LogP contribution in [0.1, 0.15) is 86.6 Å². The van der Waals surface area contributed by atoms with E-state index in [2.05, 4.69) is 18.0 Å². The highest BCUT2D eigenvalue weighted by atomic mass is 16.7. The first kappa shape index (κ1) is 42.9. The first-order chi connectivity index (χ1) is 26.9. The molecule has 57 heavy (non-hydrogen) atoms. The third-order valence-electron chi connectivity index (χ3n) is 13.1. The summed E-state index contributed by atoms with van der Waals surface area (Å²) in [6.07, 6.45) is -0.155. The van der Waals surface area contributed by atoms with Gasteiger partial charge in [-0.2, -0.15) is 15.2 Å². The molecule has 1 N–H and O–H groups in total. The molecule has 0 spiro atoms. The van der Waals surface area contributed by atoms with E-state index in [0.717, 1.165) is 28.6 Å². The Labute approximate surface area is 337 Å². The van der Waals surface area contributed by atoms with E-state index in [-0.39, 0.29) is 24.0 Å². The number of esters is 1. The number of carbonyl (C=O) groups excluding carboxylic acids is 3. The summed E-state index contributed by atoms with van der Waals surface area (Å²) in [5, 5.41) is 21.2. The van der Waals surface area contributed by atoms with E-state index < -0.39 is 71.5 Å². The molecule has 3 fully saturated rings. The lowest BCUT2D eigenvalue weighted by molar-refractivity contribution is -0.295. The Balaban J connectivity index is 1.40. The summed E-state index contributed by atoms with van der Waals surface area (Å²) in [4.78, 5) is 48.8. The second-order valence-corrected chi connectivity index (χ2v) is 17.3. The van der Waals surface area contributed by atoms with Crippen molar-refractivity contribution in [3.05, 3.63) is 42.1 Å². The molecule has 1 amide bonds. The predicted octanol–water partition coefficient (Wildman–Crippen LogP) is 5.39. The number of hydrogen-bond donors (Lipinski definition) is 1. The molecule has 4 aliphatic rings. The Kier molecular flexibility index (Phi) is 12.7. The monoisotopic (exact) mass is 793 g/mol. The number of cyclic esters (lactones) is 1. The number of amides is 1. The topological polar surface area (TPSA) is 153 Å². The molecule has 0 radical (unpaired) electrons. The highest BCUT2D eigenvalue weighted by molar-refractivity contribution is 6.00. The maximum atomic E-state index is 14.4. The Morgan fingerprint density at radius 3 is 2.44 bits per heavy atom. The van der Waals surface area contributed by atoms with Crippen LogP contribution in [0.5, 0.6) is 0 Å². The standard InChI is InChI=1S/C43H63N5O9/c1-12-33-43(8)37-26(4)34(45-47(48(37)41(52)57-43)21-15-16-29-19-20-44-31-18-14-13-17-30(29)31)24(2)23-42(7,53-11)38(27(5)35(49)28(6)39(51)55-33)56-40-36(50)32(46(9)10)22-25(3)54-40/h13-14,17-20,24-28,32-33,36-38,40,50H,12,15-16,21-23H2,1-11H3/t24-,25+,26+,27+,28-,32-,33-,36+,37-,38-,40-,42?,43-/m1/s1. The number of fused-ring (bicyclic) bond motifs is 2. The van der Waals surface area contributed by atoms with E-state index in [1.165, 1.54) is 6.92 Å². The van der Waals surface area contributed by atoms with Crippen molar-refractivity contribution in [1.82, 2.24) is 20.0 Å². The van der Waals surface area contributed by atoms with Crippen LogP contribution >= 0.6 is 0 Å². The Morgan fingerprint density at radius 1 is 1.04 bits per heavy atom. The SMILES string of the molecule is CC[C@H]1OC(=O)[C@H](C)C(=O)[C@H](C)[C@@H](O[C@H]2O[C@@H](C)C[C@@H](N(C)C)[C@@H]2O)C(C)(OC)C[C@@H](C)C2=NN(CCCc3ccnc4ccccc34)N3C(=O)O[C@@]1(C)[C@H]3[C@H]2C. The largest absolute Gasteiger partial charge is 0.457 e. The first-order valence-corrected chi connectivity index (χ1v) is 20.6. The Hall–Kier alpha value is -3.69. The zero-order valence-corrected chi connectivity index (χ0v) is 35.5. The van der Waals surface area contributed by atoms with Gasteiger partial charge in [-0.1, -0.05) is 45.9 Å². The number of methoxy groups -OCH3 is 1. The Bertz CT molecular complexity index is 1820. The molecule has 2 bridgehead atoms. The smallest absolute Gasteiger partial charge is 0.431 e. The van der Waals surface area contributed by atoms with Crippen LogP contribution in [-0.2, 0) is 39.7 Å². The van der Waals surface area contributed by atoms with E-state index >= 15 is 0 Å². The average molecular weight is 794 g/mol. The molecule has 1 aromatic carbocycles. The number of pyridine rings is 1. The first-order valence-electron chi connectivity index (χ1n) is 20.6. The molecule has 0 aliphatic carbocycles. The van der Waals surface area contributed by atoms with Crippen LogP contribution in [-0.4, -0.2) is 130 Å². The zero-order valence-electron chi connectivity index (χ0n) is 35.5. The highest BCUT2D eigenvalue weighted by Crippen LogP contribution is 2.46. The lowest BCUT2D eigenvalue weighted by atomic mass is 9.73. The van der Waals surface area contributed by atoms with Gasteiger partial charge in [-0.15, -0.1) is 0 Å². The number of aryl methyl sites for hydroxylation is 1. The van der Waals surface area contributed by atoms with Crippen molar-refractivity contribution < 1.29 is 43.2 Å². The lowest BCUT2D eigenvalue weighted by Crippen LogP contribution is -2.63. The van der Waals surface area contributed by atoms with E-state index in [1.54, 1.807) is 24.2 Å². The van der Waals surface area contributed by atoms with Crippen LogP contribution in [0.25, 0.3) is 10.9 Å². The van der Waals surface area contributed by atoms with Crippen LogP contribution < -0.4 is 0 Å². The Morgan fingerprint density at radius 2 is 1.75 bits per heavy atom. The molecule has 0 saturated carbocycles. The minimum absolute atomic E-state index is 0.225. The number of hydrazine groups is 1. The van der Waals surface area contributed by atoms with Gasteiger partial charge >= 0.3 is 12.1 Å². The molecule has 14 heteroatoms. The van der Waals surface area contributed by atoms with E-state index in [1.807, 2.05) is 84.1 Å². The third kappa shape index (κ3) is 8.04. The van der Waals surface area contributed by atoms with Crippen molar-refractivity contribution in [2.75, 3.05) is 27.7 Å². The fourth-order valence-electron chi connectivity index (χ4n) is 9.90. The maximum Gasteiger partial charge on any atom is 0.431 e. The minimum Gasteiger partial charge on any atom is -0.457 e. The molecular formula is C43H63N5O9. The quantitative estimate of drug-likeness (QED) is 0.256. The van der Waals surface area contributed by atoms with Crippen LogP contribution in [0, 0.1) is 23.7 Å². The second kappa shape index (κ2) is 16.9. The van der Waals surface area contributed by atoms with Gasteiger partial charge in [-0.3, -0.25) is 14.6 Å². The molecule has 3 saturated heterocycles. The molecule has 5 heterocycles. The van der Waals surface area contributed by atoms with Gasteiger partial charge in [0.1, 0.15) is 24.2 Å². The van der Waals surface area contributed by atoms with E-state index in [4.69, 9.17) is 28.8 Å². The number of ketones is 1. The minimum atomic E-state index is -1.26. The van der Waals surface area contributed by atoms with Gasteiger partial charge < -0.3 is 33.7 Å². The maximum absolute atomic E-state index is 14.4. The summed E-state index contributed by atoms with van der Waals surface area (Å²) < 4.78 is 31.8. The number of para-hydroxylation sites is 1.